The van der Waals surface area contributed by atoms with Crippen LogP contribution >= 0.6 is 0 Å². The zero-order chi connectivity index (χ0) is 17.4. The first-order chi connectivity index (χ1) is 12.8. The van der Waals surface area contributed by atoms with E-state index >= 15 is 0 Å². The van der Waals surface area contributed by atoms with Gasteiger partial charge in [0.2, 0.25) is 0 Å². The highest BCUT2D eigenvalue weighted by Crippen LogP contribution is 2.63. The van der Waals surface area contributed by atoms with Crippen molar-refractivity contribution < 1.29 is 0 Å². The molecule has 6 rings (SSSR count). The van der Waals surface area contributed by atoms with Crippen LogP contribution in [0.2, 0.25) is 0 Å². The van der Waals surface area contributed by atoms with Crippen LogP contribution in [0.4, 0.5) is 0 Å². The Balaban J connectivity index is 1.77. The fourth-order valence-corrected chi connectivity index (χ4v) is 5.32. The maximum Gasteiger partial charge on any atom is 0.0786 e. The molecule has 3 aromatic carbocycles. The highest BCUT2D eigenvalue weighted by atomic mass is 14.7. The van der Waals surface area contributed by atoms with Crippen molar-refractivity contribution >= 4 is 21.7 Å². The summed E-state index contributed by atoms with van der Waals surface area (Å²) >= 11 is 0. The average Bonchev–Trinajstić information content (AvgIpc) is 3.40. The van der Waals surface area contributed by atoms with Gasteiger partial charge in [-0.1, -0.05) is 49.4 Å². The van der Waals surface area contributed by atoms with E-state index in [1.807, 2.05) is 6.20 Å². The van der Waals surface area contributed by atoms with E-state index in [0.717, 1.165) is 18.3 Å². The van der Waals surface area contributed by atoms with E-state index in [4.69, 9.17) is 4.98 Å². The molecule has 1 saturated carbocycles. The van der Waals surface area contributed by atoms with Crippen LogP contribution in [-0.2, 0) is 6.42 Å². The molecule has 1 heteroatoms. The SMILES string of the molecule is CCc1c(C)cc2ccccc2c1-c1ccc2c3c(ccnc13)C1CC21. The third-order valence-electron chi connectivity index (χ3n) is 6.55. The molecular formula is C25H21N. The van der Waals surface area contributed by atoms with E-state index in [2.05, 4.69) is 62.4 Å². The number of nitrogens with zero attached hydrogens (tertiary/aromatic N) is 1. The Morgan fingerprint density at radius 3 is 2.65 bits per heavy atom. The number of rotatable bonds is 2. The van der Waals surface area contributed by atoms with Gasteiger partial charge in [-0.2, -0.15) is 0 Å². The van der Waals surface area contributed by atoms with Crippen LogP contribution in [-0.4, -0.2) is 4.98 Å². The Kier molecular flexibility index (Phi) is 2.76. The highest BCUT2D eigenvalue weighted by molar-refractivity contribution is 6.08. The van der Waals surface area contributed by atoms with Gasteiger partial charge < -0.3 is 0 Å². The fraction of sp³-hybridized carbons (Fsp3) is 0.240. The van der Waals surface area contributed by atoms with Gasteiger partial charge in [0.05, 0.1) is 5.52 Å². The normalized spacial score (nSPS) is 19.9. The van der Waals surface area contributed by atoms with Crippen LogP contribution in [0, 0.1) is 6.92 Å². The van der Waals surface area contributed by atoms with Crippen LogP contribution in [0.3, 0.4) is 0 Å². The lowest BCUT2D eigenvalue weighted by Gasteiger charge is -2.18. The smallest absolute Gasteiger partial charge is 0.0786 e. The van der Waals surface area contributed by atoms with E-state index < -0.39 is 0 Å². The molecule has 1 heterocycles. The number of benzene rings is 3. The topological polar surface area (TPSA) is 12.9 Å². The van der Waals surface area contributed by atoms with Gasteiger partial charge in [-0.05, 0) is 76.3 Å². The van der Waals surface area contributed by atoms with Crippen molar-refractivity contribution in [2.45, 2.75) is 38.5 Å². The van der Waals surface area contributed by atoms with Gasteiger partial charge in [-0.15, -0.1) is 0 Å². The summed E-state index contributed by atoms with van der Waals surface area (Å²) in [5, 5.41) is 4.11. The standard InChI is InChI=1S/C25H21N/c1-3-16-14(2)12-15-6-4-5-7-17(15)23(16)20-9-8-18-21-13-22(21)19-10-11-26-25(20)24(18)19/h4-12,21-22H,3,13H2,1-2H3. The summed E-state index contributed by atoms with van der Waals surface area (Å²) in [5.74, 6) is 1.51. The summed E-state index contributed by atoms with van der Waals surface area (Å²) in [5.41, 5.74) is 9.81. The van der Waals surface area contributed by atoms with E-state index in [9.17, 15) is 0 Å². The first kappa shape index (κ1) is 14.5. The maximum absolute atomic E-state index is 4.89. The van der Waals surface area contributed by atoms with Crippen LogP contribution in [0.5, 0.6) is 0 Å². The monoisotopic (exact) mass is 335 g/mol. The number of pyridine rings is 1. The van der Waals surface area contributed by atoms with Crippen molar-refractivity contribution in [2.75, 3.05) is 0 Å². The molecule has 2 aliphatic rings. The van der Waals surface area contributed by atoms with Gasteiger partial charge in [0.25, 0.3) is 0 Å². The Labute approximate surface area is 153 Å². The highest BCUT2D eigenvalue weighted by Gasteiger charge is 2.47. The molecule has 1 nitrogen and oxygen atoms in total. The molecule has 0 bridgehead atoms. The predicted octanol–water partition coefficient (Wildman–Crippen LogP) is 6.51. The van der Waals surface area contributed by atoms with Crippen molar-refractivity contribution in [1.29, 1.82) is 0 Å². The molecule has 0 N–H and O–H groups in total. The first-order valence-corrected chi connectivity index (χ1v) is 9.71. The molecule has 2 atom stereocenters. The number of hydrogen-bond acceptors (Lipinski definition) is 1. The van der Waals surface area contributed by atoms with E-state index in [1.54, 1.807) is 0 Å². The third-order valence-corrected chi connectivity index (χ3v) is 6.55. The van der Waals surface area contributed by atoms with Crippen molar-refractivity contribution in [2.24, 2.45) is 0 Å². The van der Waals surface area contributed by atoms with E-state index in [0.29, 0.717) is 0 Å². The van der Waals surface area contributed by atoms with Gasteiger partial charge in [0.15, 0.2) is 0 Å². The maximum atomic E-state index is 4.89. The predicted molar refractivity (Wildman–Crippen MR) is 109 cm³/mol. The summed E-state index contributed by atoms with van der Waals surface area (Å²) in [6.45, 7) is 4.51. The molecule has 2 aliphatic carbocycles. The summed E-state index contributed by atoms with van der Waals surface area (Å²) in [6, 6.07) is 18.1. The molecule has 126 valence electrons. The second-order valence-electron chi connectivity index (χ2n) is 7.90. The van der Waals surface area contributed by atoms with Crippen molar-refractivity contribution in [3.63, 3.8) is 0 Å². The molecule has 0 amide bonds. The lowest BCUT2D eigenvalue weighted by Crippen LogP contribution is -1.97. The van der Waals surface area contributed by atoms with Crippen LogP contribution in [0.15, 0.2) is 54.7 Å². The second-order valence-corrected chi connectivity index (χ2v) is 7.90. The molecule has 26 heavy (non-hydrogen) atoms. The van der Waals surface area contributed by atoms with Crippen LogP contribution in [0.25, 0.3) is 32.8 Å². The zero-order valence-electron chi connectivity index (χ0n) is 15.2. The van der Waals surface area contributed by atoms with Gasteiger partial charge in [0.1, 0.15) is 0 Å². The summed E-state index contributed by atoms with van der Waals surface area (Å²) in [7, 11) is 0. The van der Waals surface area contributed by atoms with E-state index in [1.165, 1.54) is 61.5 Å². The van der Waals surface area contributed by atoms with Gasteiger partial charge >= 0.3 is 0 Å². The fourth-order valence-electron chi connectivity index (χ4n) is 5.32. The number of aryl methyl sites for hydroxylation is 1. The minimum atomic E-state index is 0.755. The average molecular weight is 335 g/mol. The van der Waals surface area contributed by atoms with Crippen molar-refractivity contribution in [1.82, 2.24) is 4.98 Å². The van der Waals surface area contributed by atoms with Gasteiger partial charge in [-0.25, -0.2) is 0 Å². The first-order valence-electron chi connectivity index (χ1n) is 9.71. The summed E-state index contributed by atoms with van der Waals surface area (Å²) in [6.07, 6.45) is 4.40. The Morgan fingerprint density at radius 2 is 1.81 bits per heavy atom. The van der Waals surface area contributed by atoms with Gasteiger partial charge in [0, 0.05) is 17.1 Å². The quantitative estimate of drug-likeness (QED) is 0.407. The number of fused-ring (bicyclic) bond motifs is 4. The molecule has 1 aromatic heterocycles. The zero-order valence-corrected chi connectivity index (χ0v) is 15.2. The molecule has 0 radical (unpaired) electrons. The molecule has 4 aromatic rings. The van der Waals surface area contributed by atoms with Crippen LogP contribution in [0.1, 0.15) is 47.4 Å². The summed E-state index contributed by atoms with van der Waals surface area (Å²) in [4.78, 5) is 4.89. The lowest BCUT2D eigenvalue weighted by molar-refractivity contribution is 1.10. The molecule has 0 spiro atoms. The van der Waals surface area contributed by atoms with Crippen LogP contribution < -0.4 is 0 Å². The molecule has 0 saturated heterocycles. The number of aromatic nitrogens is 1. The molecular weight excluding hydrogens is 314 g/mol. The Morgan fingerprint density at radius 1 is 1.00 bits per heavy atom. The largest absolute Gasteiger partial charge is 0.256 e. The Hall–Kier alpha value is -2.67. The lowest BCUT2D eigenvalue weighted by atomic mass is 9.87. The molecule has 1 fully saturated rings. The van der Waals surface area contributed by atoms with Crippen molar-refractivity contribution in [3.8, 4) is 11.1 Å². The molecule has 2 unspecified atom stereocenters. The molecule has 0 aliphatic heterocycles. The minimum Gasteiger partial charge on any atom is -0.256 e. The van der Waals surface area contributed by atoms with Crippen molar-refractivity contribution in [3.05, 3.63) is 77.0 Å². The Bertz CT molecular complexity index is 1200. The van der Waals surface area contributed by atoms with Gasteiger partial charge in [-0.3, -0.25) is 4.98 Å². The number of hydrogen-bond donors (Lipinski definition) is 0. The second kappa shape index (κ2) is 4.94. The third kappa shape index (κ3) is 1.73. The summed E-state index contributed by atoms with van der Waals surface area (Å²) < 4.78 is 0. The van der Waals surface area contributed by atoms with E-state index in [-0.39, 0.29) is 0 Å². The minimum absolute atomic E-state index is 0.755.